The summed E-state index contributed by atoms with van der Waals surface area (Å²) in [5.74, 6) is -0.196. The molecule has 3 aromatic rings. The van der Waals surface area contributed by atoms with Gasteiger partial charge >= 0.3 is 0 Å². The van der Waals surface area contributed by atoms with Gasteiger partial charge in [0.2, 0.25) is 5.91 Å². The number of aromatic amines is 1. The van der Waals surface area contributed by atoms with E-state index in [4.69, 9.17) is 9.52 Å². The molecule has 0 radical (unpaired) electrons. The minimum atomic E-state index is -1.08. The maximum atomic E-state index is 13.6. The number of hydrogen-bond acceptors (Lipinski definition) is 7. The first-order valence-electron chi connectivity index (χ1n) is 12.1. The SMILES string of the molecule is Cc1ncsc1-c1ccc(C2(C)N=C(C3CCCN3C(=O)C(c3cc(=O)[nH]o3)C(C)C)NC2=O)cc1. The van der Waals surface area contributed by atoms with Gasteiger partial charge in [0.15, 0.2) is 11.3 Å². The van der Waals surface area contributed by atoms with E-state index >= 15 is 0 Å². The maximum Gasteiger partial charge on any atom is 0.280 e. The van der Waals surface area contributed by atoms with Crippen molar-refractivity contribution < 1.29 is 14.1 Å². The molecule has 2 aliphatic rings. The molecule has 4 heterocycles. The van der Waals surface area contributed by atoms with Crippen molar-refractivity contribution in [1.82, 2.24) is 20.4 Å². The van der Waals surface area contributed by atoms with E-state index in [0.717, 1.165) is 28.1 Å². The first kappa shape index (κ1) is 24.2. The van der Waals surface area contributed by atoms with Gasteiger partial charge in [-0.25, -0.2) is 9.98 Å². The maximum absolute atomic E-state index is 13.6. The van der Waals surface area contributed by atoms with Gasteiger partial charge < -0.3 is 14.7 Å². The summed E-state index contributed by atoms with van der Waals surface area (Å²) in [5.41, 5.74) is 3.17. The third-order valence-electron chi connectivity index (χ3n) is 7.12. The van der Waals surface area contributed by atoms with Crippen molar-refractivity contribution >= 4 is 29.0 Å². The number of benzene rings is 1. The Balaban J connectivity index is 1.42. The predicted octanol–water partition coefficient (Wildman–Crippen LogP) is 3.57. The number of thiazole rings is 1. The molecule has 2 aromatic heterocycles. The van der Waals surface area contributed by atoms with Gasteiger partial charge in [-0.15, -0.1) is 11.3 Å². The van der Waals surface area contributed by atoms with Crippen molar-refractivity contribution in [3.8, 4) is 10.4 Å². The van der Waals surface area contributed by atoms with Crippen LogP contribution in [0.3, 0.4) is 0 Å². The minimum absolute atomic E-state index is 0.0798. The fourth-order valence-electron chi connectivity index (χ4n) is 5.12. The molecule has 2 N–H and O–H groups in total. The lowest BCUT2D eigenvalue weighted by atomic mass is 9.91. The molecule has 0 spiro atoms. The number of nitrogens with zero attached hydrogens (tertiary/aromatic N) is 3. The van der Waals surface area contributed by atoms with Gasteiger partial charge in [-0.2, -0.15) is 5.16 Å². The summed E-state index contributed by atoms with van der Waals surface area (Å²) >= 11 is 1.58. The van der Waals surface area contributed by atoms with Crippen molar-refractivity contribution in [2.75, 3.05) is 6.54 Å². The second kappa shape index (κ2) is 9.16. The highest BCUT2D eigenvalue weighted by molar-refractivity contribution is 7.13. The lowest BCUT2D eigenvalue weighted by Crippen LogP contribution is -2.48. The highest BCUT2D eigenvalue weighted by Gasteiger charge is 2.46. The van der Waals surface area contributed by atoms with Gasteiger partial charge in [-0.05, 0) is 43.7 Å². The third-order valence-corrected chi connectivity index (χ3v) is 8.09. The topological polar surface area (TPSA) is 121 Å². The monoisotopic (exact) mass is 507 g/mol. The van der Waals surface area contributed by atoms with E-state index in [2.05, 4.69) is 15.5 Å². The Hall–Kier alpha value is -3.53. The van der Waals surface area contributed by atoms with Crippen LogP contribution in [-0.2, 0) is 15.1 Å². The van der Waals surface area contributed by atoms with E-state index in [1.807, 2.05) is 50.5 Å². The quantitative estimate of drug-likeness (QED) is 0.528. The van der Waals surface area contributed by atoms with Crippen LogP contribution in [-0.4, -0.2) is 45.3 Å². The fourth-order valence-corrected chi connectivity index (χ4v) is 5.93. The zero-order chi connectivity index (χ0) is 25.6. The second-order valence-corrected chi connectivity index (χ2v) is 10.7. The third kappa shape index (κ3) is 4.09. The number of nitrogens with one attached hydrogen (secondary N) is 2. The van der Waals surface area contributed by atoms with E-state index in [9.17, 15) is 14.4 Å². The number of amides is 2. The molecule has 1 aromatic carbocycles. The molecule has 1 fully saturated rings. The zero-order valence-electron chi connectivity index (χ0n) is 20.7. The fraction of sp³-hybridized carbons (Fsp3) is 0.423. The Morgan fingerprint density at radius 1 is 1.25 bits per heavy atom. The second-order valence-electron chi connectivity index (χ2n) is 9.89. The van der Waals surface area contributed by atoms with Gasteiger partial charge in [0.1, 0.15) is 11.8 Å². The van der Waals surface area contributed by atoms with Crippen LogP contribution in [0.4, 0.5) is 0 Å². The number of likely N-dealkylation sites (tertiary alicyclic amines) is 1. The summed E-state index contributed by atoms with van der Waals surface area (Å²) in [7, 11) is 0. The lowest BCUT2D eigenvalue weighted by molar-refractivity contribution is -0.134. The van der Waals surface area contributed by atoms with Crippen LogP contribution in [0, 0.1) is 12.8 Å². The van der Waals surface area contributed by atoms with Crippen molar-refractivity contribution in [2.24, 2.45) is 10.9 Å². The highest BCUT2D eigenvalue weighted by atomic mass is 32.1. The Morgan fingerprint density at radius 3 is 2.61 bits per heavy atom. The summed E-state index contributed by atoms with van der Waals surface area (Å²) in [6, 6.07) is 8.84. The molecule has 36 heavy (non-hydrogen) atoms. The molecule has 2 aliphatic heterocycles. The van der Waals surface area contributed by atoms with Crippen LogP contribution < -0.4 is 10.9 Å². The smallest absolute Gasteiger partial charge is 0.280 e. The molecular formula is C26H29N5O4S. The first-order valence-corrected chi connectivity index (χ1v) is 13.0. The van der Waals surface area contributed by atoms with Crippen molar-refractivity contribution in [3.63, 3.8) is 0 Å². The molecule has 9 nitrogen and oxygen atoms in total. The molecule has 3 atom stereocenters. The Kier molecular flexibility index (Phi) is 6.15. The van der Waals surface area contributed by atoms with Crippen LogP contribution in [0.2, 0.25) is 0 Å². The molecule has 0 bridgehead atoms. The number of aryl methyl sites for hydroxylation is 1. The van der Waals surface area contributed by atoms with Crippen LogP contribution >= 0.6 is 11.3 Å². The van der Waals surface area contributed by atoms with E-state index in [1.165, 1.54) is 6.07 Å². The number of carbonyl (C=O) groups is 2. The number of H-pyrrole nitrogens is 1. The number of amidine groups is 1. The number of carbonyl (C=O) groups excluding carboxylic acids is 2. The van der Waals surface area contributed by atoms with Crippen molar-refractivity contribution in [3.05, 3.63) is 63.2 Å². The van der Waals surface area contributed by atoms with E-state index in [-0.39, 0.29) is 29.3 Å². The summed E-state index contributed by atoms with van der Waals surface area (Å²) in [6.45, 7) is 8.17. The molecule has 1 saturated heterocycles. The Bertz CT molecular complexity index is 1390. The number of aliphatic imine (C=N–C) groups is 1. The Labute approximate surface area is 212 Å². The van der Waals surface area contributed by atoms with Crippen molar-refractivity contribution in [1.29, 1.82) is 0 Å². The molecule has 5 rings (SSSR count). The van der Waals surface area contributed by atoms with Crippen molar-refractivity contribution in [2.45, 2.75) is 58.0 Å². The van der Waals surface area contributed by atoms with Gasteiger partial charge in [-0.1, -0.05) is 38.1 Å². The number of aromatic nitrogens is 2. The molecule has 3 unspecified atom stereocenters. The molecule has 0 saturated carbocycles. The van der Waals surface area contributed by atoms with Gasteiger partial charge in [-0.3, -0.25) is 14.4 Å². The van der Waals surface area contributed by atoms with Gasteiger partial charge in [0.25, 0.3) is 11.5 Å². The summed E-state index contributed by atoms with van der Waals surface area (Å²) in [5, 5.41) is 5.24. The summed E-state index contributed by atoms with van der Waals surface area (Å²) < 4.78 is 5.29. The Morgan fingerprint density at radius 2 is 2.00 bits per heavy atom. The predicted molar refractivity (Wildman–Crippen MR) is 137 cm³/mol. The summed E-state index contributed by atoms with van der Waals surface area (Å²) in [6.07, 6.45) is 1.50. The average Bonchev–Trinajstić information content (AvgIpc) is 3.63. The summed E-state index contributed by atoms with van der Waals surface area (Å²) in [4.78, 5) is 50.5. The van der Waals surface area contributed by atoms with Gasteiger partial charge in [0.05, 0.1) is 22.1 Å². The minimum Gasteiger partial charge on any atom is -0.383 e. The number of rotatable bonds is 6. The average molecular weight is 508 g/mol. The zero-order valence-corrected chi connectivity index (χ0v) is 21.5. The first-order chi connectivity index (χ1) is 17.2. The van der Waals surface area contributed by atoms with Crippen LogP contribution in [0.5, 0.6) is 0 Å². The van der Waals surface area contributed by atoms with Crippen LogP contribution in [0.15, 0.2) is 50.2 Å². The van der Waals surface area contributed by atoms with E-state index in [0.29, 0.717) is 24.6 Å². The molecule has 10 heteroatoms. The van der Waals surface area contributed by atoms with Crippen LogP contribution in [0.25, 0.3) is 10.4 Å². The van der Waals surface area contributed by atoms with Crippen LogP contribution in [0.1, 0.15) is 56.5 Å². The molecular weight excluding hydrogens is 478 g/mol. The van der Waals surface area contributed by atoms with Gasteiger partial charge in [0, 0.05) is 12.6 Å². The number of hydrogen-bond donors (Lipinski definition) is 2. The molecule has 2 amide bonds. The van der Waals surface area contributed by atoms with E-state index in [1.54, 1.807) is 23.2 Å². The largest absolute Gasteiger partial charge is 0.383 e. The lowest BCUT2D eigenvalue weighted by Gasteiger charge is -2.29. The molecule has 188 valence electrons. The molecule has 0 aliphatic carbocycles. The highest BCUT2D eigenvalue weighted by Crippen LogP contribution is 2.36. The van der Waals surface area contributed by atoms with E-state index < -0.39 is 11.5 Å². The normalized spacial score (nSPS) is 22.7. The standard InChI is InChI=1S/C26H29N5O4S/c1-14(2)21(19-12-20(32)30-35-19)24(33)31-11-5-6-18(31)23-28-25(34)26(4,29-23)17-9-7-16(8-10-17)22-15(3)27-13-36-22/h7-10,12-14,18,21H,5-6,11H2,1-4H3,(H,30,32)(H,28,29,34).